The predicted molar refractivity (Wildman–Crippen MR) is 157 cm³/mol. The molecule has 10 nitrogen and oxygen atoms in total. The highest BCUT2D eigenvalue weighted by Gasteiger charge is 2.53. The number of carbonyl (C=O) groups is 3. The van der Waals surface area contributed by atoms with Gasteiger partial charge in [-0.1, -0.05) is 35.4 Å². The van der Waals surface area contributed by atoms with Gasteiger partial charge in [-0.15, -0.1) is 23.5 Å². The molecule has 218 valence electrons. The molecule has 0 spiro atoms. The van der Waals surface area contributed by atoms with Gasteiger partial charge < -0.3 is 25.4 Å². The molecule has 0 bridgehead atoms. The van der Waals surface area contributed by atoms with E-state index in [1.807, 2.05) is 29.1 Å². The molecule has 0 unspecified atom stereocenters. The van der Waals surface area contributed by atoms with E-state index in [-0.39, 0.29) is 33.7 Å². The third-order valence-corrected chi connectivity index (χ3v) is 9.53. The molecule has 2 aliphatic rings. The van der Waals surface area contributed by atoms with Crippen LogP contribution in [0, 0.1) is 0 Å². The van der Waals surface area contributed by atoms with Crippen molar-refractivity contribution >= 4 is 81.8 Å². The minimum Gasteiger partial charge on any atom is -0.547 e. The van der Waals surface area contributed by atoms with Crippen LogP contribution in [0.2, 0.25) is 10.3 Å². The highest BCUT2D eigenvalue weighted by atomic mass is 35.5. The molecule has 4 rings (SSSR count). The third-order valence-electron chi connectivity index (χ3n) is 6.44. The van der Waals surface area contributed by atoms with E-state index in [1.54, 1.807) is 12.1 Å². The van der Waals surface area contributed by atoms with Gasteiger partial charge in [0, 0.05) is 41.4 Å². The minimum atomic E-state index is -1.46. The fraction of sp³-hybridized carbons (Fsp3) is 0.385. The second-order valence-corrected chi connectivity index (χ2v) is 12.8. The Bertz CT molecular complexity index is 1360. The number of hydrogen-bond acceptors (Lipinski definition) is 9. The van der Waals surface area contributed by atoms with Crippen LogP contribution >= 0.6 is 58.9 Å². The lowest BCUT2D eigenvalue weighted by molar-refractivity contribution is -0.697. The Labute approximate surface area is 260 Å². The van der Waals surface area contributed by atoms with E-state index in [2.05, 4.69) is 10.3 Å². The number of aromatic nitrogens is 2. The summed E-state index contributed by atoms with van der Waals surface area (Å²) in [4.78, 5) is 42.4. The van der Waals surface area contributed by atoms with Gasteiger partial charge in [0.15, 0.2) is 12.4 Å². The zero-order valence-electron chi connectivity index (χ0n) is 21.5. The fourth-order valence-electron chi connectivity index (χ4n) is 4.43. The van der Waals surface area contributed by atoms with Crippen LogP contribution in [0.15, 0.2) is 52.8 Å². The standard InChI is InChI=1S/C26H26Cl2N4O6S3/c27-18-9-14(10-19(28)29-18)11-20(39)30-21-23(34)32-22(26(37)38)15(13-41-24(21)32)12-40-16-4-7-31(8-5-16)6-2-1-3-17(33)25(35)36/h4-5,7-10,17,21,24,33H,1-3,6,11-13H2,(H2-,30,35,36,37,38,39)/t17-,21+,24+/m0/s1. The first-order valence-electron chi connectivity index (χ1n) is 12.6. The number of carboxylic acids is 2. The molecule has 3 atom stereocenters. The lowest BCUT2D eigenvalue weighted by atomic mass is 10.0. The molecule has 3 N–H and O–H groups in total. The molecular weight excluding hydrogens is 631 g/mol. The maximum atomic E-state index is 13.0. The first kappa shape index (κ1) is 31.5. The zero-order valence-corrected chi connectivity index (χ0v) is 25.5. The van der Waals surface area contributed by atoms with Gasteiger partial charge in [-0.05, 0) is 36.1 Å². The van der Waals surface area contributed by atoms with Crippen LogP contribution in [-0.4, -0.2) is 72.0 Å². The van der Waals surface area contributed by atoms with Crippen molar-refractivity contribution in [3.8, 4) is 0 Å². The average molecular weight is 658 g/mol. The number of pyridine rings is 2. The number of halogens is 2. The number of carboxylic acid groups (broad SMARTS) is 2. The number of thioether (sulfide) groups is 2. The van der Waals surface area contributed by atoms with E-state index in [0.29, 0.717) is 47.9 Å². The van der Waals surface area contributed by atoms with Crippen LogP contribution in [0.1, 0.15) is 24.8 Å². The molecule has 2 aromatic heterocycles. The van der Waals surface area contributed by atoms with Gasteiger partial charge in [0.25, 0.3) is 5.91 Å². The first-order valence-corrected chi connectivity index (χ1v) is 15.8. The molecule has 41 heavy (non-hydrogen) atoms. The van der Waals surface area contributed by atoms with Gasteiger partial charge in [-0.2, -0.15) is 0 Å². The van der Waals surface area contributed by atoms with Crippen LogP contribution in [0.25, 0.3) is 0 Å². The second-order valence-electron chi connectivity index (χ2n) is 9.40. The first-order chi connectivity index (χ1) is 19.5. The lowest BCUT2D eigenvalue weighted by Gasteiger charge is -2.49. The van der Waals surface area contributed by atoms with E-state index >= 15 is 0 Å². The van der Waals surface area contributed by atoms with Crippen molar-refractivity contribution < 1.29 is 34.3 Å². The number of β-lactam (4-membered cyclic amide) rings is 1. The van der Waals surface area contributed by atoms with Crippen molar-refractivity contribution in [3.63, 3.8) is 0 Å². The number of unbranched alkanes of at least 4 members (excludes halogenated alkanes) is 1. The van der Waals surface area contributed by atoms with Crippen molar-refractivity contribution in [3.05, 3.63) is 63.8 Å². The summed E-state index contributed by atoms with van der Waals surface area (Å²) in [6, 6.07) is 6.49. The van der Waals surface area contributed by atoms with Gasteiger partial charge >= 0.3 is 5.97 Å². The molecule has 0 radical (unpaired) electrons. The van der Waals surface area contributed by atoms with Gasteiger partial charge in [0.05, 0.1) is 17.1 Å². The highest BCUT2D eigenvalue weighted by molar-refractivity contribution is 8.01. The molecule has 4 heterocycles. The van der Waals surface area contributed by atoms with Crippen molar-refractivity contribution in [1.82, 2.24) is 15.2 Å². The summed E-state index contributed by atoms with van der Waals surface area (Å²) in [7, 11) is 0. The van der Waals surface area contributed by atoms with Crippen molar-refractivity contribution in [2.45, 2.75) is 54.6 Å². The number of nitrogens with one attached hydrogen (secondary N) is 1. The lowest BCUT2D eigenvalue weighted by Crippen LogP contribution is -2.70. The van der Waals surface area contributed by atoms with Gasteiger partial charge in [-0.25, -0.2) is 14.3 Å². The molecule has 15 heteroatoms. The third kappa shape index (κ3) is 8.11. The Morgan fingerprint density at radius 2 is 1.95 bits per heavy atom. The Hall–Kier alpha value is -2.42. The SMILES string of the molecule is O=C(O)C1=C(CSc2cc[n+](CCCC[C@H](O)C(=O)[O-])cc2)CS[C@@H]2[C@H](NC(=S)Cc3cc(Cl)nc(Cl)c3)C(=O)N12. The molecule has 0 saturated carbocycles. The molecule has 1 amide bonds. The van der Waals surface area contributed by atoms with Crippen molar-refractivity contribution in [1.29, 1.82) is 0 Å². The quantitative estimate of drug-likeness (QED) is 0.0724. The Kier molecular flexibility index (Phi) is 10.9. The van der Waals surface area contributed by atoms with E-state index in [9.17, 15) is 29.7 Å². The Morgan fingerprint density at radius 3 is 2.59 bits per heavy atom. The second kappa shape index (κ2) is 14.2. The van der Waals surface area contributed by atoms with Crippen LogP contribution in [0.5, 0.6) is 0 Å². The Balaban J connectivity index is 1.31. The van der Waals surface area contributed by atoms with Gasteiger partial charge in [0.1, 0.15) is 34.0 Å². The molecule has 2 aliphatic heterocycles. The van der Waals surface area contributed by atoms with Crippen LogP contribution in [-0.2, 0) is 27.3 Å². The number of rotatable bonds is 13. The molecular formula is C26H26Cl2N4O6S3. The zero-order chi connectivity index (χ0) is 29.7. The summed E-state index contributed by atoms with van der Waals surface area (Å²) in [6.07, 6.45) is 4.05. The molecule has 2 aromatic rings. The maximum Gasteiger partial charge on any atom is 0.352 e. The minimum absolute atomic E-state index is 0.0210. The summed E-state index contributed by atoms with van der Waals surface area (Å²) < 4.78 is 1.95. The summed E-state index contributed by atoms with van der Waals surface area (Å²) in [6.45, 7) is 0.664. The molecule has 0 aromatic carbocycles. The normalized spacial score (nSPS) is 18.9. The summed E-state index contributed by atoms with van der Waals surface area (Å²) in [5.41, 5.74) is 1.44. The van der Waals surface area contributed by atoms with Gasteiger partial charge in [0.2, 0.25) is 0 Å². The van der Waals surface area contributed by atoms with Crippen LogP contribution in [0.4, 0.5) is 0 Å². The van der Waals surface area contributed by atoms with E-state index < -0.39 is 24.1 Å². The number of thiocarbonyl (C=S) groups is 1. The van der Waals surface area contributed by atoms with Crippen LogP contribution in [0.3, 0.4) is 0 Å². The predicted octanol–water partition coefficient (Wildman–Crippen LogP) is 1.83. The van der Waals surface area contributed by atoms with Crippen molar-refractivity contribution in [2.24, 2.45) is 0 Å². The van der Waals surface area contributed by atoms with Crippen molar-refractivity contribution in [2.75, 3.05) is 11.5 Å². The molecule has 0 aliphatic carbocycles. The maximum absolute atomic E-state index is 13.0. The highest BCUT2D eigenvalue weighted by Crippen LogP contribution is 2.41. The summed E-state index contributed by atoms with van der Waals surface area (Å²) in [5.74, 6) is -2.07. The van der Waals surface area contributed by atoms with Gasteiger partial charge in [-0.3, -0.25) is 9.69 Å². The largest absolute Gasteiger partial charge is 0.547 e. The number of aliphatic carboxylic acids is 2. The number of fused-ring (bicyclic) bond motifs is 1. The number of hydrogen-bond donors (Lipinski definition) is 3. The average Bonchev–Trinajstić information content (AvgIpc) is 2.92. The Morgan fingerprint density at radius 1 is 1.27 bits per heavy atom. The number of carbonyl (C=O) groups excluding carboxylic acids is 2. The number of aryl methyl sites for hydroxylation is 1. The van der Waals surface area contributed by atoms with E-state index in [4.69, 9.17) is 35.4 Å². The molecule has 1 fully saturated rings. The van der Waals surface area contributed by atoms with E-state index in [1.165, 1.54) is 28.4 Å². The number of aliphatic hydroxyl groups is 1. The monoisotopic (exact) mass is 656 g/mol. The number of amides is 1. The number of aliphatic hydroxyl groups excluding tert-OH is 1. The molecule has 1 saturated heterocycles. The van der Waals surface area contributed by atoms with E-state index in [0.717, 1.165) is 10.5 Å². The fourth-order valence-corrected chi connectivity index (χ4v) is 7.60. The van der Waals surface area contributed by atoms with Crippen LogP contribution < -0.4 is 15.0 Å². The number of nitrogens with zero attached hydrogens (tertiary/aromatic N) is 3. The summed E-state index contributed by atoms with van der Waals surface area (Å²) >= 11 is 20.3. The topological polar surface area (TPSA) is 147 Å². The summed E-state index contributed by atoms with van der Waals surface area (Å²) in [5, 5.41) is 33.0. The smallest absolute Gasteiger partial charge is 0.352 e.